The van der Waals surface area contributed by atoms with Crippen LogP contribution in [0.3, 0.4) is 0 Å². The summed E-state index contributed by atoms with van der Waals surface area (Å²) < 4.78 is 0. The Balaban J connectivity index is 4.63. The summed E-state index contributed by atoms with van der Waals surface area (Å²) in [6.45, 7) is 5.92. The molecule has 1 atom stereocenters. The molecule has 5 nitrogen and oxygen atoms in total. The second-order valence-electron chi connectivity index (χ2n) is 4.95. The standard InChI is InChI=1S/C11H19NO4/c1-11(2,3)5-4-7(9(13)14)6-8(12)10(15)16/h4,8H,5-6,12H2,1-3H3,(H,13,14)(H,15,16)/t8-/m0/s1. The molecule has 5 heteroatoms. The normalized spacial score (nSPS) is 14.6. The van der Waals surface area contributed by atoms with Crippen LogP contribution in [0.2, 0.25) is 0 Å². The molecule has 0 amide bonds. The molecule has 0 aromatic heterocycles. The Hall–Kier alpha value is -1.36. The first-order valence-corrected chi connectivity index (χ1v) is 5.04. The Morgan fingerprint density at radius 1 is 1.31 bits per heavy atom. The van der Waals surface area contributed by atoms with E-state index in [1.54, 1.807) is 6.08 Å². The Morgan fingerprint density at radius 3 is 2.12 bits per heavy atom. The third-order valence-electron chi connectivity index (χ3n) is 1.99. The zero-order chi connectivity index (χ0) is 12.9. The van der Waals surface area contributed by atoms with E-state index in [1.165, 1.54) is 0 Å². The molecular weight excluding hydrogens is 210 g/mol. The Bertz CT molecular complexity index is 302. The van der Waals surface area contributed by atoms with E-state index in [1.807, 2.05) is 20.8 Å². The first-order chi connectivity index (χ1) is 7.13. The van der Waals surface area contributed by atoms with Gasteiger partial charge in [-0.25, -0.2) is 4.79 Å². The molecule has 16 heavy (non-hydrogen) atoms. The lowest BCUT2D eigenvalue weighted by atomic mass is 9.90. The molecule has 0 heterocycles. The van der Waals surface area contributed by atoms with Gasteiger partial charge in [-0.1, -0.05) is 26.8 Å². The molecule has 0 aliphatic heterocycles. The van der Waals surface area contributed by atoms with Crippen LogP contribution in [0, 0.1) is 5.41 Å². The second-order valence-corrected chi connectivity index (χ2v) is 4.95. The molecule has 0 aliphatic carbocycles. The van der Waals surface area contributed by atoms with E-state index in [2.05, 4.69) is 0 Å². The van der Waals surface area contributed by atoms with Gasteiger partial charge in [-0.2, -0.15) is 0 Å². The van der Waals surface area contributed by atoms with Crippen molar-refractivity contribution in [2.75, 3.05) is 0 Å². The summed E-state index contributed by atoms with van der Waals surface area (Å²) in [4.78, 5) is 21.4. The number of aliphatic carboxylic acids is 2. The fourth-order valence-corrected chi connectivity index (χ4v) is 1.01. The summed E-state index contributed by atoms with van der Waals surface area (Å²) in [5.41, 5.74) is 5.32. The fraction of sp³-hybridized carbons (Fsp3) is 0.636. The van der Waals surface area contributed by atoms with E-state index >= 15 is 0 Å². The maximum atomic E-state index is 10.9. The van der Waals surface area contributed by atoms with Gasteiger partial charge in [0.2, 0.25) is 0 Å². The molecule has 0 fully saturated rings. The highest BCUT2D eigenvalue weighted by molar-refractivity contribution is 5.88. The van der Waals surface area contributed by atoms with Gasteiger partial charge < -0.3 is 15.9 Å². The number of carbonyl (C=O) groups is 2. The monoisotopic (exact) mass is 229 g/mol. The molecule has 0 unspecified atom stereocenters. The van der Waals surface area contributed by atoms with Crippen molar-refractivity contribution in [3.63, 3.8) is 0 Å². The van der Waals surface area contributed by atoms with Crippen molar-refractivity contribution < 1.29 is 19.8 Å². The van der Waals surface area contributed by atoms with Gasteiger partial charge in [0.1, 0.15) is 6.04 Å². The van der Waals surface area contributed by atoms with Crippen LogP contribution in [-0.2, 0) is 9.59 Å². The largest absolute Gasteiger partial charge is 0.480 e. The Kier molecular flexibility index (Phi) is 5.17. The number of hydrogen-bond donors (Lipinski definition) is 3. The molecule has 4 N–H and O–H groups in total. The van der Waals surface area contributed by atoms with E-state index in [-0.39, 0.29) is 17.4 Å². The van der Waals surface area contributed by atoms with Gasteiger partial charge in [-0.05, 0) is 11.8 Å². The molecule has 0 aromatic carbocycles. The minimum absolute atomic E-state index is 0.0337. The van der Waals surface area contributed by atoms with Gasteiger partial charge in [-0.15, -0.1) is 0 Å². The van der Waals surface area contributed by atoms with Gasteiger partial charge in [-0.3, -0.25) is 4.79 Å². The van der Waals surface area contributed by atoms with Crippen molar-refractivity contribution >= 4 is 11.9 Å². The van der Waals surface area contributed by atoms with Crippen molar-refractivity contribution in [3.8, 4) is 0 Å². The smallest absolute Gasteiger partial charge is 0.331 e. The highest BCUT2D eigenvalue weighted by Gasteiger charge is 2.19. The van der Waals surface area contributed by atoms with E-state index < -0.39 is 18.0 Å². The number of allylic oxidation sites excluding steroid dienone is 1. The quantitative estimate of drug-likeness (QED) is 0.616. The third kappa shape index (κ3) is 6.19. The summed E-state index contributed by atoms with van der Waals surface area (Å²) in [5.74, 6) is -2.30. The van der Waals surface area contributed by atoms with Crippen LogP contribution in [-0.4, -0.2) is 28.2 Å². The summed E-state index contributed by atoms with van der Waals surface area (Å²) in [5, 5.41) is 17.5. The number of carboxylic acid groups (broad SMARTS) is 2. The molecule has 0 bridgehead atoms. The average Bonchev–Trinajstić information content (AvgIpc) is 2.09. The van der Waals surface area contributed by atoms with Crippen LogP contribution in [0.4, 0.5) is 0 Å². The van der Waals surface area contributed by atoms with E-state index in [9.17, 15) is 9.59 Å². The molecule has 0 saturated carbocycles. The van der Waals surface area contributed by atoms with Gasteiger partial charge in [0, 0.05) is 12.0 Å². The summed E-state index contributed by atoms with van der Waals surface area (Å²) in [7, 11) is 0. The van der Waals surface area contributed by atoms with Crippen molar-refractivity contribution in [1.29, 1.82) is 0 Å². The van der Waals surface area contributed by atoms with Crippen LogP contribution < -0.4 is 5.73 Å². The van der Waals surface area contributed by atoms with E-state index in [0.29, 0.717) is 6.42 Å². The number of rotatable bonds is 5. The lowest BCUT2D eigenvalue weighted by Crippen LogP contribution is -2.31. The summed E-state index contributed by atoms with van der Waals surface area (Å²) >= 11 is 0. The molecular formula is C11H19NO4. The SMILES string of the molecule is CC(C)(C)CC=C(C[C@H](N)C(=O)O)C(=O)O. The molecule has 0 aliphatic rings. The van der Waals surface area contributed by atoms with E-state index in [0.717, 1.165) is 0 Å². The minimum atomic E-state index is -1.19. The molecule has 0 spiro atoms. The number of hydrogen-bond acceptors (Lipinski definition) is 3. The predicted molar refractivity (Wildman–Crippen MR) is 60.0 cm³/mol. The maximum Gasteiger partial charge on any atom is 0.331 e. The van der Waals surface area contributed by atoms with Crippen molar-refractivity contribution in [3.05, 3.63) is 11.6 Å². The van der Waals surface area contributed by atoms with Crippen molar-refractivity contribution in [2.45, 2.75) is 39.7 Å². The zero-order valence-electron chi connectivity index (χ0n) is 9.86. The van der Waals surface area contributed by atoms with Crippen molar-refractivity contribution in [2.24, 2.45) is 11.1 Å². The van der Waals surface area contributed by atoms with Crippen LogP contribution in [0.5, 0.6) is 0 Å². The first-order valence-electron chi connectivity index (χ1n) is 5.04. The van der Waals surface area contributed by atoms with Gasteiger partial charge in [0.15, 0.2) is 0 Å². The summed E-state index contributed by atoms with van der Waals surface area (Å²) in [6, 6.07) is -1.16. The highest BCUT2D eigenvalue weighted by Crippen LogP contribution is 2.21. The van der Waals surface area contributed by atoms with Gasteiger partial charge in [0.25, 0.3) is 0 Å². The summed E-state index contributed by atoms with van der Waals surface area (Å²) in [6.07, 6.45) is 1.97. The van der Waals surface area contributed by atoms with Crippen LogP contribution >= 0.6 is 0 Å². The first kappa shape index (κ1) is 14.6. The lowest BCUT2D eigenvalue weighted by molar-refractivity contribution is -0.138. The topological polar surface area (TPSA) is 101 Å². The van der Waals surface area contributed by atoms with Gasteiger partial charge >= 0.3 is 11.9 Å². The lowest BCUT2D eigenvalue weighted by Gasteiger charge is -2.16. The zero-order valence-corrected chi connectivity index (χ0v) is 9.86. The molecule has 0 rings (SSSR count). The second kappa shape index (κ2) is 5.65. The minimum Gasteiger partial charge on any atom is -0.480 e. The number of carboxylic acids is 2. The average molecular weight is 229 g/mol. The Labute approximate surface area is 95.0 Å². The third-order valence-corrected chi connectivity index (χ3v) is 1.99. The van der Waals surface area contributed by atoms with Gasteiger partial charge in [0.05, 0.1) is 0 Å². The number of nitrogens with two attached hydrogens (primary N) is 1. The van der Waals surface area contributed by atoms with Crippen LogP contribution in [0.25, 0.3) is 0 Å². The van der Waals surface area contributed by atoms with E-state index in [4.69, 9.17) is 15.9 Å². The van der Waals surface area contributed by atoms with Crippen molar-refractivity contribution in [1.82, 2.24) is 0 Å². The van der Waals surface area contributed by atoms with Crippen LogP contribution in [0.1, 0.15) is 33.6 Å². The molecule has 0 aromatic rings. The fourth-order valence-electron chi connectivity index (χ4n) is 1.01. The maximum absolute atomic E-state index is 10.9. The molecule has 92 valence electrons. The highest BCUT2D eigenvalue weighted by atomic mass is 16.4. The molecule has 0 saturated heterocycles. The molecule has 0 radical (unpaired) electrons. The predicted octanol–water partition coefficient (Wildman–Crippen LogP) is 1.24. The van der Waals surface area contributed by atoms with Crippen LogP contribution in [0.15, 0.2) is 11.6 Å². The Morgan fingerprint density at radius 2 is 1.81 bits per heavy atom.